The zero-order valence-corrected chi connectivity index (χ0v) is 13.4. The lowest BCUT2D eigenvalue weighted by molar-refractivity contribution is 0.891. The molecule has 4 rings (SSSR count). The molecule has 4 aromatic rings. The van der Waals surface area contributed by atoms with E-state index in [2.05, 4.69) is 15.3 Å². The summed E-state index contributed by atoms with van der Waals surface area (Å²) in [6.07, 6.45) is 1.70. The van der Waals surface area contributed by atoms with E-state index in [9.17, 15) is 0 Å². The number of nitrogens with two attached hydrogens (primary N) is 1. The summed E-state index contributed by atoms with van der Waals surface area (Å²) in [4.78, 5) is 0. The van der Waals surface area contributed by atoms with Crippen LogP contribution in [0.4, 0.5) is 5.82 Å². The summed E-state index contributed by atoms with van der Waals surface area (Å²) in [5.41, 5.74) is 8.85. The topological polar surface area (TPSA) is 77.4 Å². The van der Waals surface area contributed by atoms with Gasteiger partial charge in [0.25, 0.3) is 0 Å². The molecule has 0 spiro atoms. The van der Waals surface area contributed by atoms with Crippen LogP contribution in [0.5, 0.6) is 0 Å². The molecule has 0 radical (unpaired) electrons. The summed E-state index contributed by atoms with van der Waals surface area (Å²) in [5, 5.41) is 11.6. The van der Waals surface area contributed by atoms with Crippen LogP contribution in [0.2, 0.25) is 0 Å². The van der Waals surface area contributed by atoms with Crippen molar-refractivity contribution in [2.75, 3.05) is 5.73 Å². The van der Waals surface area contributed by atoms with Crippen LogP contribution in [0.3, 0.4) is 0 Å². The predicted octanol–water partition coefficient (Wildman–Crippen LogP) is 3.36. The molecule has 2 aromatic carbocycles. The monoisotopic (exact) mass is 334 g/mol. The molecule has 0 unspecified atom stereocenters. The zero-order chi connectivity index (χ0) is 16.5. The highest BCUT2D eigenvalue weighted by Crippen LogP contribution is 2.28. The number of aromatic amines is 1. The largest absolute Gasteiger partial charge is 0.383 e. The van der Waals surface area contributed by atoms with Gasteiger partial charge in [-0.2, -0.15) is 10.2 Å². The molecule has 6 nitrogen and oxygen atoms in total. The molecule has 0 atom stereocenters. The molecular formula is C17H14N6S. The first kappa shape index (κ1) is 14.4. The number of anilines is 1. The average molecular weight is 334 g/mol. The molecule has 0 aliphatic rings. The van der Waals surface area contributed by atoms with Crippen molar-refractivity contribution in [1.82, 2.24) is 24.5 Å². The highest BCUT2D eigenvalue weighted by molar-refractivity contribution is 7.71. The second-order valence-corrected chi connectivity index (χ2v) is 5.60. The van der Waals surface area contributed by atoms with Crippen LogP contribution in [-0.2, 0) is 0 Å². The lowest BCUT2D eigenvalue weighted by Crippen LogP contribution is -2.03. The summed E-state index contributed by atoms with van der Waals surface area (Å²) in [5.74, 6) is 1.14. The Bertz CT molecular complexity index is 1030. The van der Waals surface area contributed by atoms with Gasteiger partial charge in [-0.15, -0.1) is 0 Å². The molecule has 0 bridgehead atoms. The van der Waals surface area contributed by atoms with Gasteiger partial charge in [-0.1, -0.05) is 36.4 Å². The number of aromatic nitrogens is 5. The van der Waals surface area contributed by atoms with E-state index in [4.69, 9.17) is 18.0 Å². The number of hydrogen-bond donors (Lipinski definition) is 2. The van der Waals surface area contributed by atoms with Crippen LogP contribution in [0.15, 0.2) is 66.9 Å². The van der Waals surface area contributed by atoms with Crippen LogP contribution in [0.1, 0.15) is 0 Å². The lowest BCUT2D eigenvalue weighted by Gasteiger charge is -2.07. The Hall–Kier alpha value is -3.19. The molecule has 2 aromatic heterocycles. The minimum Gasteiger partial charge on any atom is -0.383 e. The Morgan fingerprint density at radius 3 is 2.21 bits per heavy atom. The van der Waals surface area contributed by atoms with Crippen molar-refractivity contribution in [3.63, 3.8) is 0 Å². The molecule has 0 amide bonds. The van der Waals surface area contributed by atoms with Crippen LogP contribution in [0, 0.1) is 4.77 Å². The van der Waals surface area contributed by atoms with E-state index >= 15 is 0 Å². The maximum Gasteiger partial charge on any atom is 0.200 e. The molecule has 7 heteroatoms. The van der Waals surface area contributed by atoms with Crippen LogP contribution in [-0.4, -0.2) is 24.5 Å². The van der Waals surface area contributed by atoms with Crippen LogP contribution in [0.25, 0.3) is 22.8 Å². The van der Waals surface area contributed by atoms with Gasteiger partial charge in [-0.05, 0) is 36.5 Å². The second-order valence-electron chi connectivity index (χ2n) is 5.21. The van der Waals surface area contributed by atoms with Gasteiger partial charge < -0.3 is 5.73 Å². The number of para-hydroxylation sites is 2. The molecule has 0 aliphatic carbocycles. The zero-order valence-electron chi connectivity index (χ0n) is 12.6. The van der Waals surface area contributed by atoms with E-state index in [1.165, 1.54) is 0 Å². The Morgan fingerprint density at radius 2 is 1.54 bits per heavy atom. The molecule has 0 aliphatic heterocycles. The van der Waals surface area contributed by atoms with Crippen molar-refractivity contribution >= 4 is 18.0 Å². The molecule has 0 saturated carbocycles. The van der Waals surface area contributed by atoms with E-state index in [0.717, 1.165) is 16.9 Å². The number of hydrogen-bond acceptors (Lipinski definition) is 4. The van der Waals surface area contributed by atoms with Crippen molar-refractivity contribution in [2.45, 2.75) is 0 Å². The standard InChI is InChI=1S/C17H14N6S/c18-15-14(11-19-23(15)13-9-5-2-6-10-13)16-20-21-17(24)22(16)12-7-3-1-4-8-12/h1-11H,18H2,(H,21,24). The fourth-order valence-corrected chi connectivity index (χ4v) is 2.84. The SMILES string of the molecule is Nc1c(-c2n[nH]c(=S)n2-c2ccccc2)cnn1-c1ccccc1. The maximum atomic E-state index is 6.32. The van der Waals surface area contributed by atoms with Gasteiger partial charge >= 0.3 is 0 Å². The van der Waals surface area contributed by atoms with Gasteiger partial charge in [0.1, 0.15) is 5.82 Å². The van der Waals surface area contributed by atoms with E-state index < -0.39 is 0 Å². The molecule has 0 fully saturated rings. The van der Waals surface area contributed by atoms with Gasteiger partial charge in [0.2, 0.25) is 0 Å². The smallest absolute Gasteiger partial charge is 0.200 e. The first-order valence-electron chi connectivity index (χ1n) is 7.38. The molecular weight excluding hydrogens is 320 g/mol. The average Bonchev–Trinajstić information content (AvgIpc) is 3.19. The highest BCUT2D eigenvalue weighted by atomic mass is 32.1. The first-order chi connectivity index (χ1) is 11.8. The number of nitrogens with one attached hydrogen (secondary N) is 1. The molecule has 0 saturated heterocycles. The highest BCUT2D eigenvalue weighted by Gasteiger charge is 2.17. The summed E-state index contributed by atoms with van der Waals surface area (Å²) in [6, 6.07) is 19.5. The van der Waals surface area contributed by atoms with Gasteiger partial charge in [-0.25, -0.2) is 4.68 Å². The summed E-state index contributed by atoms with van der Waals surface area (Å²) < 4.78 is 4.03. The van der Waals surface area contributed by atoms with E-state index in [1.807, 2.05) is 65.2 Å². The fraction of sp³-hybridized carbons (Fsp3) is 0. The van der Waals surface area contributed by atoms with Crippen LogP contribution >= 0.6 is 12.2 Å². The Labute approximate surface area is 143 Å². The third-order valence-corrected chi connectivity index (χ3v) is 4.01. The summed E-state index contributed by atoms with van der Waals surface area (Å²) in [6.45, 7) is 0. The number of nitrogen functional groups attached to an aromatic ring is 1. The molecule has 118 valence electrons. The minimum atomic E-state index is 0.503. The molecule has 3 N–H and O–H groups in total. The van der Waals surface area contributed by atoms with E-state index in [0.29, 0.717) is 16.4 Å². The Kier molecular flexibility index (Phi) is 3.47. The van der Waals surface area contributed by atoms with Crippen molar-refractivity contribution in [2.24, 2.45) is 0 Å². The number of rotatable bonds is 3. The Balaban J connectivity index is 1.88. The van der Waals surface area contributed by atoms with Crippen molar-refractivity contribution in [3.8, 4) is 22.8 Å². The van der Waals surface area contributed by atoms with Crippen molar-refractivity contribution in [1.29, 1.82) is 0 Å². The Morgan fingerprint density at radius 1 is 0.917 bits per heavy atom. The number of H-pyrrole nitrogens is 1. The van der Waals surface area contributed by atoms with Gasteiger partial charge in [-0.3, -0.25) is 9.67 Å². The van der Waals surface area contributed by atoms with E-state index in [-0.39, 0.29) is 0 Å². The minimum absolute atomic E-state index is 0.503. The molecule has 2 heterocycles. The van der Waals surface area contributed by atoms with E-state index in [1.54, 1.807) is 10.9 Å². The summed E-state index contributed by atoms with van der Waals surface area (Å²) in [7, 11) is 0. The third kappa shape index (κ3) is 2.31. The molecule has 24 heavy (non-hydrogen) atoms. The first-order valence-corrected chi connectivity index (χ1v) is 7.78. The third-order valence-electron chi connectivity index (χ3n) is 3.73. The fourth-order valence-electron chi connectivity index (χ4n) is 2.60. The number of benzene rings is 2. The normalized spacial score (nSPS) is 10.8. The maximum absolute atomic E-state index is 6.32. The van der Waals surface area contributed by atoms with Gasteiger partial charge in [0, 0.05) is 5.69 Å². The van der Waals surface area contributed by atoms with Gasteiger partial charge in [0.15, 0.2) is 10.6 Å². The predicted molar refractivity (Wildman–Crippen MR) is 95.7 cm³/mol. The van der Waals surface area contributed by atoms with Crippen molar-refractivity contribution < 1.29 is 0 Å². The quantitative estimate of drug-likeness (QED) is 0.563. The van der Waals surface area contributed by atoms with Crippen molar-refractivity contribution in [3.05, 3.63) is 71.6 Å². The van der Waals surface area contributed by atoms with Gasteiger partial charge in [0.05, 0.1) is 17.4 Å². The second kappa shape index (κ2) is 5.78. The van der Waals surface area contributed by atoms with Crippen LogP contribution < -0.4 is 5.73 Å². The lowest BCUT2D eigenvalue weighted by atomic mass is 10.2. The number of nitrogens with zero attached hydrogens (tertiary/aromatic N) is 4. The summed E-state index contributed by atoms with van der Waals surface area (Å²) >= 11 is 5.38.